The van der Waals surface area contributed by atoms with Crippen LogP contribution in [0.15, 0.2) is 48.5 Å². The molecule has 1 aliphatic heterocycles. The third kappa shape index (κ3) is 3.02. The van der Waals surface area contributed by atoms with Crippen LogP contribution >= 0.6 is 0 Å². The largest absolute Gasteiger partial charge is 0.329 e. The number of hydrogen-bond donors (Lipinski definition) is 1. The van der Waals surface area contributed by atoms with Gasteiger partial charge in [-0.1, -0.05) is 48.5 Å². The highest BCUT2D eigenvalue weighted by Crippen LogP contribution is 2.26. The molecule has 0 aliphatic carbocycles. The highest BCUT2D eigenvalue weighted by Gasteiger charge is 2.22. The molecule has 110 valence electrons. The van der Waals surface area contributed by atoms with Crippen molar-refractivity contribution in [2.24, 2.45) is 5.73 Å². The Hall–Kier alpha value is -1.64. The van der Waals surface area contributed by atoms with Gasteiger partial charge in [-0.05, 0) is 42.0 Å². The lowest BCUT2D eigenvalue weighted by Gasteiger charge is -2.31. The maximum atomic E-state index is 6.12. The summed E-state index contributed by atoms with van der Waals surface area (Å²) < 4.78 is 0. The fraction of sp³-hybridized carbons (Fsp3) is 0.368. The number of fused-ring (bicyclic) bond motifs is 1. The third-order valence-electron chi connectivity index (χ3n) is 4.67. The molecule has 0 aromatic heterocycles. The first-order valence-electron chi connectivity index (χ1n) is 7.86. The second-order valence-electron chi connectivity index (χ2n) is 5.91. The lowest BCUT2D eigenvalue weighted by molar-refractivity contribution is 0.211. The monoisotopic (exact) mass is 280 g/mol. The van der Waals surface area contributed by atoms with E-state index in [9.17, 15) is 0 Å². The predicted octanol–water partition coefficient (Wildman–Crippen LogP) is 3.10. The zero-order chi connectivity index (χ0) is 14.7. The number of nitrogens with zero attached hydrogens (tertiary/aromatic N) is 1. The van der Waals surface area contributed by atoms with E-state index in [0.717, 1.165) is 25.9 Å². The number of rotatable bonds is 3. The molecule has 1 atom stereocenters. The summed E-state index contributed by atoms with van der Waals surface area (Å²) in [4.78, 5) is 2.56. The van der Waals surface area contributed by atoms with Gasteiger partial charge in [-0.25, -0.2) is 0 Å². The van der Waals surface area contributed by atoms with E-state index >= 15 is 0 Å². The Morgan fingerprint density at radius 2 is 1.52 bits per heavy atom. The molecule has 0 spiro atoms. The third-order valence-corrected chi connectivity index (χ3v) is 4.67. The molecule has 1 aliphatic rings. The first-order valence-corrected chi connectivity index (χ1v) is 7.86. The van der Waals surface area contributed by atoms with Crippen molar-refractivity contribution in [3.05, 3.63) is 70.8 Å². The maximum Gasteiger partial charge on any atom is 0.0473 e. The standard InChI is InChI=1S/C19H24N2/c1-15-6-2-5-9-18(15)19(14-20)21-12-10-16-7-3-4-8-17(16)11-13-21/h2-9,19H,10-14,20H2,1H3. The van der Waals surface area contributed by atoms with Crippen LogP contribution in [0.2, 0.25) is 0 Å². The summed E-state index contributed by atoms with van der Waals surface area (Å²) >= 11 is 0. The molecule has 2 nitrogen and oxygen atoms in total. The summed E-state index contributed by atoms with van der Waals surface area (Å²) in [6.45, 7) is 5.05. The minimum Gasteiger partial charge on any atom is -0.329 e. The van der Waals surface area contributed by atoms with E-state index in [-0.39, 0.29) is 0 Å². The van der Waals surface area contributed by atoms with Crippen LogP contribution in [0, 0.1) is 6.92 Å². The molecule has 0 saturated heterocycles. The summed E-state index contributed by atoms with van der Waals surface area (Å²) in [5, 5.41) is 0. The van der Waals surface area contributed by atoms with Crippen LogP contribution in [0.4, 0.5) is 0 Å². The van der Waals surface area contributed by atoms with Crippen LogP contribution < -0.4 is 5.73 Å². The SMILES string of the molecule is Cc1ccccc1C(CN)N1CCc2ccccc2CC1. The first kappa shape index (κ1) is 14.3. The molecule has 0 radical (unpaired) electrons. The van der Waals surface area contributed by atoms with Gasteiger partial charge in [0.15, 0.2) is 0 Å². The van der Waals surface area contributed by atoms with E-state index in [1.54, 1.807) is 0 Å². The van der Waals surface area contributed by atoms with Crippen molar-refractivity contribution in [3.8, 4) is 0 Å². The van der Waals surface area contributed by atoms with Gasteiger partial charge in [0.2, 0.25) is 0 Å². The van der Waals surface area contributed by atoms with Gasteiger partial charge in [0.1, 0.15) is 0 Å². The molecule has 3 rings (SSSR count). The first-order chi connectivity index (χ1) is 10.3. The Kier molecular flexibility index (Phi) is 4.37. The second kappa shape index (κ2) is 6.42. The van der Waals surface area contributed by atoms with Gasteiger partial charge in [-0.15, -0.1) is 0 Å². The van der Waals surface area contributed by atoms with Crippen LogP contribution in [-0.4, -0.2) is 24.5 Å². The van der Waals surface area contributed by atoms with Gasteiger partial charge in [0.05, 0.1) is 0 Å². The van der Waals surface area contributed by atoms with Crippen LogP contribution in [-0.2, 0) is 12.8 Å². The van der Waals surface area contributed by atoms with Crippen molar-refractivity contribution in [2.75, 3.05) is 19.6 Å². The quantitative estimate of drug-likeness (QED) is 0.936. The molecule has 2 N–H and O–H groups in total. The lowest BCUT2D eigenvalue weighted by atomic mass is 9.99. The smallest absolute Gasteiger partial charge is 0.0473 e. The van der Waals surface area contributed by atoms with E-state index in [1.807, 2.05) is 0 Å². The van der Waals surface area contributed by atoms with E-state index in [0.29, 0.717) is 12.6 Å². The van der Waals surface area contributed by atoms with Crippen LogP contribution in [0.3, 0.4) is 0 Å². The fourth-order valence-corrected chi connectivity index (χ4v) is 3.43. The molecule has 2 aromatic rings. The Morgan fingerprint density at radius 3 is 2.10 bits per heavy atom. The summed E-state index contributed by atoms with van der Waals surface area (Å²) in [5.41, 5.74) is 11.8. The molecule has 1 heterocycles. The van der Waals surface area contributed by atoms with E-state index in [2.05, 4.69) is 60.4 Å². The van der Waals surface area contributed by atoms with E-state index in [4.69, 9.17) is 5.73 Å². The highest BCUT2D eigenvalue weighted by atomic mass is 15.2. The van der Waals surface area contributed by atoms with Gasteiger partial charge in [-0.3, -0.25) is 4.90 Å². The number of nitrogens with two attached hydrogens (primary N) is 1. The zero-order valence-electron chi connectivity index (χ0n) is 12.8. The van der Waals surface area contributed by atoms with Crippen molar-refractivity contribution in [1.29, 1.82) is 0 Å². The van der Waals surface area contributed by atoms with Crippen LogP contribution in [0.1, 0.15) is 28.3 Å². The average molecular weight is 280 g/mol. The van der Waals surface area contributed by atoms with Gasteiger partial charge in [0.25, 0.3) is 0 Å². The molecule has 0 bridgehead atoms. The summed E-state index contributed by atoms with van der Waals surface area (Å²) in [6, 6.07) is 17.8. The van der Waals surface area contributed by atoms with Gasteiger partial charge in [0, 0.05) is 25.7 Å². The number of aryl methyl sites for hydroxylation is 1. The van der Waals surface area contributed by atoms with Gasteiger partial charge >= 0.3 is 0 Å². The molecule has 0 saturated carbocycles. The van der Waals surface area contributed by atoms with Crippen LogP contribution in [0.25, 0.3) is 0 Å². The minimum absolute atomic E-state index is 0.334. The molecule has 0 amide bonds. The predicted molar refractivity (Wildman–Crippen MR) is 88.4 cm³/mol. The van der Waals surface area contributed by atoms with Gasteiger partial charge < -0.3 is 5.73 Å². The Labute approximate surface area is 127 Å². The molecule has 21 heavy (non-hydrogen) atoms. The van der Waals surface area contributed by atoms with Crippen molar-refractivity contribution in [2.45, 2.75) is 25.8 Å². The molecule has 0 fully saturated rings. The minimum atomic E-state index is 0.334. The number of benzene rings is 2. The van der Waals surface area contributed by atoms with Crippen molar-refractivity contribution in [1.82, 2.24) is 4.90 Å². The van der Waals surface area contributed by atoms with Crippen molar-refractivity contribution in [3.63, 3.8) is 0 Å². The summed E-state index contributed by atoms with van der Waals surface area (Å²) in [5.74, 6) is 0. The summed E-state index contributed by atoms with van der Waals surface area (Å²) in [6.07, 6.45) is 2.25. The highest BCUT2D eigenvalue weighted by molar-refractivity contribution is 5.31. The molecule has 2 aromatic carbocycles. The molecular weight excluding hydrogens is 256 g/mol. The molecular formula is C19H24N2. The van der Waals surface area contributed by atoms with Crippen molar-refractivity contribution < 1.29 is 0 Å². The Balaban J connectivity index is 1.82. The van der Waals surface area contributed by atoms with Gasteiger partial charge in [-0.2, -0.15) is 0 Å². The lowest BCUT2D eigenvalue weighted by Crippen LogP contribution is -2.36. The normalized spacial score (nSPS) is 17.0. The topological polar surface area (TPSA) is 29.3 Å². The molecule has 2 heteroatoms. The Morgan fingerprint density at radius 1 is 0.952 bits per heavy atom. The van der Waals surface area contributed by atoms with Crippen molar-refractivity contribution >= 4 is 0 Å². The maximum absolute atomic E-state index is 6.12. The molecule has 1 unspecified atom stereocenters. The average Bonchev–Trinajstić information content (AvgIpc) is 2.73. The van der Waals surface area contributed by atoms with E-state index in [1.165, 1.54) is 22.3 Å². The number of hydrogen-bond acceptors (Lipinski definition) is 2. The fourth-order valence-electron chi connectivity index (χ4n) is 3.43. The Bertz CT molecular complexity index is 579. The van der Waals surface area contributed by atoms with E-state index < -0.39 is 0 Å². The van der Waals surface area contributed by atoms with Crippen LogP contribution in [0.5, 0.6) is 0 Å². The summed E-state index contributed by atoms with van der Waals surface area (Å²) in [7, 11) is 0. The second-order valence-corrected chi connectivity index (χ2v) is 5.91. The zero-order valence-corrected chi connectivity index (χ0v) is 12.8.